The fourth-order valence-electron chi connectivity index (χ4n) is 2.79. The molecule has 11 heteroatoms. The molecule has 0 saturated carbocycles. The van der Waals surface area contributed by atoms with Crippen molar-refractivity contribution in [1.29, 1.82) is 5.41 Å². The molecule has 166 valence electrons. The number of carbonyl (C=O) groups is 1. The average molecular weight is 441 g/mol. The van der Waals surface area contributed by atoms with Crippen LogP contribution in [0.4, 0.5) is 20.3 Å². The van der Waals surface area contributed by atoms with E-state index in [2.05, 4.69) is 25.6 Å². The van der Waals surface area contributed by atoms with Crippen LogP contribution in [0.1, 0.15) is 19.9 Å². The summed E-state index contributed by atoms with van der Waals surface area (Å²) in [5.41, 5.74) is -0.253. The van der Waals surface area contributed by atoms with Crippen LogP contribution in [0.3, 0.4) is 0 Å². The molecule has 9 nitrogen and oxygen atoms in total. The van der Waals surface area contributed by atoms with Crippen molar-refractivity contribution in [3.8, 4) is 17.1 Å². The molecule has 1 amide bonds. The molecule has 4 N–H and O–H groups in total. The molecule has 32 heavy (non-hydrogen) atoms. The first kappa shape index (κ1) is 22.5. The first-order chi connectivity index (χ1) is 15.3. The van der Waals surface area contributed by atoms with Crippen molar-refractivity contribution in [2.75, 3.05) is 10.6 Å². The first-order valence-electron chi connectivity index (χ1n) is 9.54. The van der Waals surface area contributed by atoms with Gasteiger partial charge in [0.1, 0.15) is 17.3 Å². The van der Waals surface area contributed by atoms with E-state index in [1.807, 2.05) is 18.4 Å². The molecule has 0 atom stereocenters. The van der Waals surface area contributed by atoms with Crippen molar-refractivity contribution in [3.63, 3.8) is 0 Å². The smallest absolute Gasteiger partial charge is 0.280 e. The standard InChI is InChI=1S/C21H21F2N7O2/c1-12(2)30-11-26-10-17(30)16-4-3-5-18(28-16)29-21(32)15(19(24)20(22)23)9-27-13-6-14(31)8-25-7-13/h3-12,20,24,27,31H,1-2H3,(H,28,29,32)/b15-9+,24-19?. The second-order valence-corrected chi connectivity index (χ2v) is 6.99. The summed E-state index contributed by atoms with van der Waals surface area (Å²) in [6.07, 6.45) is 3.60. The highest BCUT2D eigenvalue weighted by Gasteiger charge is 2.23. The van der Waals surface area contributed by atoms with Gasteiger partial charge < -0.3 is 20.3 Å². The topological polar surface area (TPSA) is 129 Å². The van der Waals surface area contributed by atoms with Crippen LogP contribution < -0.4 is 10.6 Å². The van der Waals surface area contributed by atoms with Crippen LogP contribution in [0, 0.1) is 5.41 Å². The predicted molar refractivity (Wildman–Crippen MR) is 116 cm³/mol. The number of halogens is 2. The molecule has 3 aromatic heterocycles. The number of amides is 1. The van der Waals surface area contributed by atoms with E-state index in [0.717, 1.165) is 11.9 Å². The van der Waals surface area contributed by atoms with Gasteiger partial charge in [-0.3, -0.25) is 15.2 Å². The fourth-order valence-corrected chi connectivity index (χ4v) is 2.79. The summed E-state index contributed by atoms with van der Waals surface area (Å²) in [4.78, 5) is 24.9. The number of hydrogen-bond donors (Lipinski definition) is 4. The van der Waals surface area contributed by atoms with E-state index >= 15 is 0 Å². The molecule has 0 radical (unpaired) electrons. The van der Waals surface area contributed by atoms with Gasteiger partial charge in [0.15, 0.2) is 0 Å². The zero-order valence-corrected chi connectivity index (χ0v) is 17.3. The Morgan fingerprint density at radius 3 is 2.69 bits per heavy atom. The Kier molecular flexibility index (Phi) is 6.88. The maximum atomic E-state index is 13.2. The van der Waals surface area contributed by atoms with E-state index in [4.69, 9.17) is 5.41 Å². The Balaban J connectivity index is 1.85. The number of carbonyl (C=O) groups excluding carboxylic acids is 1. The Bertz CT molecular complexity index is 1160. The summed E-state index contributed by atoms with van der Waals surface area (Å²) in [5, 5.41) is 22.1. The molecule has 0 saturated heterocycles. The quantitative estimate of drug-likeness (QED) is 0.310. The molecule has 0 fully saturated rings. The molecule has 0 spiro atoms. The normalized spacial score (nSPS) is 11.6. The number of hydrogen-bond acceptors (Lipinski definition) is 7. The summed E-state index contributed by atoms with van der Waals surface area (Å²) in [6.45, 7) is 3.97. The lowest BCUT2D eigenvalue weighted by molar-refractivity contribution is -0.112. The van der Waals surface area contributed by atoms with Gasteiger partial charge in [-0.1, -0.05) is 6.07 Å². The number of aromatic hydroxyl groups is 1. The molecule has 3 aromatic rings. The summed E-state index contributed by atoms with van der Waals surface area (Å²) < 4.78 is 28.3. The maximum absolute atomic E-state index is 13.2. The van der Waals surface area contributed by atoms with Crippen LogP contribution in [0.25, 0.3) is 11.4 Å². The summed E-state index contributed by atoms with van der Waals surface area (Å²) >= 11 is 0. The zero-order chi connectivity index (χ0) is 23.3. The molecule has 0 aromatic carbocycles. The Morgan fingerprint density at radius 2 is 2.00 bits per heavy atom. The number of rotatable bonds is 8. The van der Waals surface area contributed by atoms with Gasteiger partial charge >= 0.3 is 0 Å². The summed E-state index contributed by atoms with van der Waals surface area (Å²) in [7, 11) is 0. The molecule has 3 rings (SSSR count). The van der Waals surface area contributed by atoms with Crippen molar-refractivity contribution in [3.05, 3.63) is 61.0 Å². The van der Waals surface area contributed by atoms with Crippen LogP contribution in [-0.4, -0.2) is 42.7 Å². The van der Waals surface area contributed by atoms with Crippen molar-refractivity contribution < 1.29 is 18.7 Å². The van der Waals surface area contributed by atoms with Gasteiger partial charge in [-0.05, 0) is 26.0 Å². The number of nitrogens with zero attached hydrogens (tertiary/aromatic N) is 4. The van der Waals surface area contributed by atoms with Crippen molar-refractivity contribution >= 4 is 23.1 Å². The number of anilines is 2. The number of alkyl halides is 2. The Hall–Kier alpha value is -4.15. The molecular weight excluding hydrogens is 420 g/mol. The average Bonchev–Trinajstić information content (AvgIpc) is 3.24. The molecule has 3 heterocycles. The second-order valence-electron chi connectivity index (χ2n) is 6.99. The second kappa shape index (κ2) is 9.77. The third-order valence-corrected chi connectivity index (χ3v) is 4.34. The van der Waals surface area contributed by atoms with E-state index in [1.165, 1.54) is 24.5 Å². The Labute approximate surface area is 182 Å². The molecule has 0 bridgehead atoms. The number of pyridine rings is 2. The van der Waals surface area contributed by atoms with Crippen LogP contribution >= 0.6 is 0 Å². The monoisotopic (exact) mass is 441 g/mol. The van der Waals surface area contributed by atoms with Gasteiger partial charge in [0, 0.05) is 18.3 Å². The zero-order valence-electron chi connectivity index (χ0n) is 17.3. The highest BCUT2D eigenvalue weighted by atomic mass is 19.3. The predicted octanol–water partition coefficient (Wildman–Crippen LogP) is 3.85. The molecule has 0 aliphatic rings. The van der Waals surface area contributed by atoms with E-state index in [1.54, 1.807) is 24.7 Å². The van der Waals surface area contributed by atoms with E-state index < -0.39 is 23.6 Å². The van der Waals surface area contributed by atoms with E-state index in [-0.39, 0.29) is 23.3 Å². The van der Waals surface area contributed by atoms with Crippen LogP contribution in [0.2, 0.25) is 0 Å². The van der Waals surface area contributed by atoms with Gasteiger partial charge in [-0.15, -0.1) is 0 Å². The van der Waals surface area contributed by atoms with Crippen molar-refractivity contribution in [1.82, 2.24) is 19.5 Å². The van der Waals surface area contributed by atoms with Gasteiger partial charge in [-0.25, -0.2) is 18.7 Å². The maximum Gasteiger partial charge on any atom is 0.280 e. The van der Waals surface area contributed by atoms with E-state index in [0.29, 0.717) is 5.69 Å². The minimum atomic E-state index is -3.17. The fraction of sp³-hybridized carbons (Fsp3) is 0.190. The third kappa shape index (κ3) is 5.31. The highest BCUT2D eigenvalue weighted by Crippen LogP contribution is 2.22. The van der Waals surface area contributed by atoms with Crippen LogP contribution in [0.5, 0.6) is 5.75 Å². The van der Waals surface area contributed by atoms with Crippen LogP contribution in [-0.2, 0) is 4.79 Å². The SMILES string of the molecule is CC(C)n1cncc1-c1cccc(NC(=O)/C(=C/Nc2cncc(O)c2)C(=N)C(F)F)n1. The summed E-state index contributed by atoms with van der Waals surface area (Å²) in [5.74, 6) is -0.978. The minimum Gasteiger partial charge on any atom is -0.506 e. The van der Waals surface area contributed by atoms with Crippen molar-refractivity contribution in [2.45, 2.75) is 26.3 Å². The number of nitrogens with one attached hydrogen (secondary N) is 3. The molecular formula is C21H21F2N7O2. The number of aromatic nitrogens is 4. The van der Waals surface area contributed by atoms with Gasteiger partial charge in [0.05, 0.1) is 47.6 Å². The largest absolute Gasteiger partial charge is 0.506 e. The van der Waals surface area contributed by atoms with Crippen LogP contribution in [0.15, 0.2) is 61.0 Å². The highest BCUT2D eigenvalue weighted by molar-refractivity contribution is 6.25. The molecule has 0 aliphatic heterocycles. The minimum absolute atomic E-state index is 0.121. The van der Waals surface area contributed by atoms with E-state index in [9.17, 15) is 18.7 Å². The van der Waals surface area contributed by atoms with Gasteiger partial charge in [0.2, 0.25) is 0 Å². The Morgan fingerprint density at radius 1 is 1.22 bits per heavy atom. The van der Waals surface area contributed by atoms with Gasteiger partial charge in [-0.2, -0.15) is 0 Å². The molecule has 0 aliphatic carbocycles. The molecule has 0 unspecified atom stereocenters. The lowest BCUT2D eigenvalue weighted by Gasteiger charge is -2.13. The van der Waals surface area contributed by atoms with Gasteiger partial charge in [0.25, 0.3) is 12.3 Å². The summed E-state index contributed by atoms with van der Waals surface area (Å²) in [6, 6.07) is 6.32. The number of imidazole rings is 1. The lowest BCUT2D eigenvalue weighted by atomic mass is 10.1. The lowest BCUT2D eigenvalue weighted by Crippen LogP contribution is -2.25. The third-order valence-electron chi connectivity index (χ3n) is 4.34. The van der Waals surface area contributed by atoms with Crippen molar-refractivity contribution in [2.24, 2.45) is 0 Å². The first-order valence-corrected chi connectivity index (χ1v) is 9.54.